The van der Waals surface area contributed by atoms with Gasteiger partial charge in [0.15, 0.2) is 6.29 Å². The Hall–Kier alpha value is -2.63. The molecule has 0 radical (unpaired) electrons. The van der Waals surface area contributed by atoms with Gasteiger partial charge >= 0.3 is 7.82 Å². The molecule has 1 fully saturated rings. The molecule has 34 heavy (non-hydrogen) atoms. The van der Waals surface area contributed by atoms with Crippen molar-refractivity contribution in [1.82, 2.24) is 0 Å². The molecular formula is C27H31O6P. The number of hydrogen-bond donors (Lipinski definition) is 0. The van der Waals surface area contributed by atoms with Crippen LogP contribution in [0.2, 0.25) is 0 Å². The predicted molar refractivity (Wildman–Crippen MR) is 133 cm³/mol. The Morgan fingerprint density at radius 3 is 1.65 bits per heavy atom. The average molecular weight is 483 g/mol. The number of benzene rings is 3. The summed E-state index contributed by atoms with van der Waals surface area (Å²) in [5, 5.41) is 0. The lowest BCUT2D eigenvalue weighted by atomic mass is 10.0. The molecule has 0 aliphatic carbocycles. The van der Waals surface area contributed by atoms with Crippen molar-refractivity contribution < 1.29 is 27.6 Å². The maximum Gasteiger partial charge on any atom is 0.530 e. The van der Waals surface area contributed by atoms with Crippen molar-refractivity contribution in [2.45, 2.75) is 39.4 Å². The molecule has 7 heteroatoms. The molecular weight excluding hydrogens is 451 g/mol. The van der Waals surface area contributed by atoms with E-state index in [9.17, 15) is 4.57 Å². The summed E-state index contributed by atoms with van der Waals surface area (Å²) in [5.41, 5.74) is 4.34. The van der Waals surface area contributed by atoms with E-state index in [1.54, 1.807) is 26.0 Å². The molecule has 0 spiro atoms. The smallest absolute Gasteiger partial charge is 0.465 e. The molecule has 180 valence electrons. The highest BCUT2D eigenvalue weighted by atomic mass is 31.2. The van der Waals surface area contributed by atoms with Gasteiger partial charge in [-0.3, -0.25) is 9.05 Å². The van der Waals surface area contributed by atoms with E-state index in [0.717, 1.165) is 53.9 Å². The summed E-state index contributed by atoms with van der Waals surface area (Å²) in [7, 11) is -3.60. The highest BCUT2D eigenvalue weighted by Gasteiger charge is 2.27. The van der Waals surface area contributed by atoms with E-state index >= 15 is 0 Å². The van der Waals surface area contributed by atoms with Crippen LogP contribution >= 0.6 is 7.82 Å². The molecule has 1 aliphatic rings. The minimum absolute atomic E-state index is 0.138. The number of ether oxygens (including phenoxy) is 2. The summed E-state index contributed by atoms with van der Waals surface area (Å²) in [6.45, 7) is 4.75. The maximum atomic E-state index is 12.5. The molecule has 1 unspecified atom stereocenters. The van der Waals surface area contributed by atoms with Gasteiger partial charge in [0.1, 0.15) is 11.5 Å². The van der Waals surface area contributed by atoms with Gasteiger partial charge in [-0.25, -0.2) is 4.57 Å². The van der Waals surface area contributed by atoms with Crippen molar-refractivity contribution in [3.8, 4) is 33.8 Å². The zero-order valence-corrected chi connectivity index (χ0v) is 20.5. The Labute approximate surface area is 201 Å². The first kappa shape index (κ1) is 24.5. The van der Waals surface area contributed by atoms with Crippen LogP contribution in [0.25, 0.3) is 22.3 Å². The van der Waals surface area contributed by atoms with Gasteiger partial charge in [0.05, 0.1) is 19.8 Å². The average Bonchev–Trinajstić information content (AvgIpc) is 2.86. The Morgan fingerprint density at radius 2 is 1.21 bits per heavy atom. The van der Waals surface area contributed by atoms with Gasteiger partial charge in [-0.05, 0) is 73.2 Å². The number of phosphoric ester groups is 1. The normalized spacial score (nSPS) is 16.2. The summed E-state index contributed by atoms with van der Waals surface area (Å²) in [6.07, 6.45) is 3.05. The van der Waals surface area contributed by atoms with Crippen LogP contribution in [0.4, 0.5) is 0 Å². The van der Waals surface area contributed by atoms with Crippen LogP contribution in [0.5, 0.6) is 11.5 Å². The summed E-state index contributed by atoms with van der Waals surface area (Å²) in [4.78, 5) is 0. The third-order valence-corrected chi connectivity index (χ3v) is 7.04. The van der Waals surface area contributed by atoms with E-state index in [-0.39, 0.29) is 19.5 Å². The number of rotatable bonds is 10. The third kappa shape index (κ3) is 6.49. The standard InChI is InChI=1S/C27H31O6P/c1-3-30-34(28,31-4-2)33-26-18-14-24(15-19-26)22-10-8-21(9-11-22)23-12-16-25(17-13-23)32-27-7-5-6-20-29-27/h8-19,27H,3-7,20H2,1-2H3. The van der Waals surface area contributed by atoms with Gasteiger partial charge in [-0.2, -0.15) is 0 Å². The van der Waals surface area contributed by atoms with Gasteiger partial charge < -0.3 is 14.0 Å². The van der Waals surface area contributed by atoms with Crippen molar-refractivity contribution in [1.29, 1.82) is 0 Å². The maximum absolute atomic E-state index is 12.5. The van der Waals surface area contributed by atoms with E-state index in [1.165, 1.54) is 0 Å². The van der Waals surface area contributed by atoms with Gasteiger partial charge in [-0.15, -0.1) is 0 Å². The van der Waals surface area contributed by atoms with E-state index in [2.05, 4.69) is 36.4 Å². The van der Waals surface area contributed by atoms with Gasteiger partial charge in [-0.1, -0.05) is 48.5 Å². The van der Waals surface area contributed by atoms with E-state index < -0.39 is 7.82 Å². The molecule has 3 aromatic rings. The molecule has 0 bridgehead atoms. The Balaban J connectivity index is 1.39. The predicted octanol–water partition coefficient (Wildman–Crippen LogP) is 7.49. The first-order valence-corrected chi connectivity index (χ1v) is 13.2. The second-order valence-electron chi connectivity index (χ2n) is 7.91. The van der Waals surface area contributed by atoms with Crippen LogP contribution in [0.15, 0.2) is 72.8 Å². The fourth-order valence-corrected chi connectivity index (χ4v) is 4.97. The fourth-order valence-electron chi connectivity index (χ4n) is 3.78. The lowest BCUT2D eigenvalue weighted by Gasteiger charge is -2.23. The summed E-state index contributed by atoms with van der Waals surface area (Å²) in [5.74, 6) is 1.26. The Bertz CT molecular complexity index is 1060. The molecule has 6 nitrogen and oxygen atoms in total. The summed E-state index contributed by atoms with van der Waals surface area (Å²) >= 11 is 0. The molecule has 1 saturated heterocycles. The molecule has 0 N–H and O–H groups in total. The third-order valence-electron chi connectivity index (χ3n) is 5.46. The quantitative estimate of drug-likeness (QED) is 0.279. The van der Waals surface area contributed by atoms with Crippen LogP contribution < -0.4 is 9.26 Å². The summed E-state index contributed by atoms with van der Waals surface area (Å²) in [6, 6.07) is 23.8. The lowest BCUT2D eigenvalue weighted by molar-refractivity contribution is -0.105. The largest absolute Gasteiger partial charge is 0.530 e. The molecule has 1 aliphatic heterocycles. The van der Waals surface area contributed by atoms with Crippen LogP contribution in [0, 0.1) is 0 Å². The second-order valence-corrected chi connectivity index (χ2v) is 9.51. The van der Waals surface area contributed by atoms with Gasteiger partial charge in [0, 0.05) is 6.42 Å². The van der Waals surface area contributed by atoms with Crippen molar-refractivity contribution in [3.05, 3.63) is 72.8 Å². The SMILES string of the molecule is CCOP(=O)(OCC)Oc1ccc(-c2ccc(-c3ccc(OC4CCCCO4)cc3)cc2)cc1. The Morgan fingerprint density at radius 1 is 0.735 bits per heavy atom. The van der Waals surface area contributed by atoms with Crippen molar-refractivity contribution in [2.75, 3.05) is 19.8 Å². The molecule has 1 atom stereocenters. The van der Waals surface area contributed by atoms with E-state index in [0.29, 0.717) is 5.75 Å². The number of phosphoric acid groups is 1. The molecule has 1 heterocycles. The van der Waals surface area contributed by atoms with Crippen molar-refractivity contribution in [2.24, 2.45) is 0 Å². The fraction of sp³-hybridized carbons (Fsp3) is 0.333. The molecule has 4 rings (SSSR count). The van der Waals surface area contributed by atoms with Gasteiger partial charge in [0.25, 0.3) is 0 Å². The van der Waals surface area contributed by atoms with E-state index in [4.69, 9.17) is 23.0 Å². The monoisotopic (exact) mass is 482 g/mol. The zero-order chi connectivity index (χ0) is 23.8. The highest BCUT2D eigenvalue weighted by molar-refractivity contribution is 7.48. The molecule has 0 aromatic heterocycles. The second kappa shape index (κ2) is 11.7. The first-order chi connectivity index (χ1) is 16.6. The first-order valence-electron chi connectivity index (χ1n) is 11.8. The van der Waals surface area contributed by atoms with Crippen LogP contribution in [-0.4, -0.2) is 26.1 Å². The minimum atomic E-state index is -3.60. The lowest BCUT2D eigenvalue weighted by Crippen LogP contribution is -2.24. The van der Waals surface area contributed by atoms with Crippen LogP contribution in [0.3, 0.4) is 0 Å². The van der Waals surface area contributed by atoms with Crippen molar-refractivity contribution >= 4 is 7.82 Å². The van der Waals surface area contributed by atoms with Crippen LogP contribution in [-0.2, 0) is 18.3 Å². The highest BCUT2D eigenvalue weighted by Crippen LogP contribution is 2.49. The minimum Gasteiger partial charge on any atom is -0.465 e. The van der Waals surface area contributed by atoms with Crippen molar-refractivity contribution in [3.63, 3.8) is 0 Å². The zero-order valence-electron chi connectivity index (χ0n) is 19.6. The molecule has 3 aromatic carbocycles. The molecule has 0 saturated carbocycles. The van der Waals surface area contributed by atoms with Gasteiger partial charge in [0.2, 0.25) is 0 Å². The number of hydrogen-bond acceptors (Lipinski definition) is 6. The molecule has 0 amide bonds. The topological polar surface area (TPSA) is 63.2 Å². The Kier molecular flexibility index (Phi) is 8.41. The van der Waals surface area contributed by atoms with Crippen LogP contribution in [0.1, 0.15) is 33.1 Å². The van der Waals surface area contributed by atoms with E-state index in [1.807, 2.05) is 24.3 Å². The summed E-state index contributed by atoms with van der Waals surface area (Å²) < 4.78 is 40.0.